The zero-order valence-electron chi connectivity index (χ0n) is 23.3. The molecular formula is C31H33N5O5. The summed E-state index contributed by atoms with van der Waals surface area (Å²) in [6.07, 6.45) is 4.48. The molecule has 0 radical (unpaired) electrons. The van der Waals surface area contributed by atoms with E-state index in [1.54, 1.807) is 13.3 Å². The molecule has 0 fully saturated rings. The third kappa shape index (κ3) is 6.02. The monoisotopic (exact) mass is 555 g/mol. The first-order valence-corrected chi connectivity index (χ1v) is 13.3. The minimum absolute atomic E-state index is 0.141. The van der Waals surface area contributed by atoms with Crippen LogP contribution in [0.2, 0.25) is 0 Å². The lowest BCUT2D eigenvalue weighted by Gasteiger charge is -2.11. The maximum absolute atomic E-state index is 13.2. The number of methoxy groups -OCH3 is 3. The van der Waals surface area contributed by atoms with Crippen LogP contribution in [0, 0.1) is 0 Å². The highest BCUT2D eigenvalue weighted by Gasteiger charge is 2.26. The molecule has 0 aliphatic heterocycles. The van der Waals surface area contributed by atoms with Crippen LogP contribution in [0.1, 0.15) is 28.0 Å². The molecule has 0 bridgehead atoms. The zero-order valence-corrected chi connectivity index (χ0v) is 23.3. The van der Waals surface area contributed by atoms with Crippen LogP contribution in [0.4, 0.5) is 11.4 Å². The molecule has 0 aliphatic rings. The molecule has 41 heavy (non-hydrogen) atoms. The second kappa shape index (κ2) is 12.6. The maximum Gasteiger partial charge on any atom is 0.356 e. The van der Waals surface area contributed by atoms with Crippen molar-refractivity contribution in [1.82, 2.24) is 14.5 Å². The van der Waals surface area contributed by atoms with Crippen molar-refractivity contribution >= 4 is 45.2 Å². The van der Waals surface area contributed by atoms with Gasteiger partial charge in [0.1, 0.15) is 11.4 Å². The predicted molar refractivity (Wildman–Crippen MR) is 159 cm³/mol. The average molecular weight is 556 g/mol. The first kappa shape index (κ1) is 27.7. The third-order valence-corrected chi connectivity index (χ3v) is 7.01. The van der Waals surface area contributed by atoms with Gasteiger partial charge in [0.15, 0.2) is 5.69 Å². The molecule has 0 aliphatic carbocycles. The largest absolute Gasteiger partial charge is 0.497 e. The van der Waals surface area contributed by atoms with E-state index in [4.69, 9.17) is 19.2 Å². The van der Waals surface area contributed by atoms with E-state index in [-0.39, 0.29) is 24.6 Å². The molecule has 3 N–H and O–H groups in total. The van der Waals surface area contributed by atoms with Gasteiger partial charge in [0.2, 0.25) is 5.91 Å². The Labute approximate surface area is 237 Å². The lowest BCUT2D eigenvalue weighted by molar-refractivity contribution is -0.117. The Morgan fingerprint density at radius 3 is 2.59 bits per heavy atom. The molecule has 5 aromatic rings. The number of ether oxygens (including phenoxy) is 3. The van der Waals surface area contributed by atoms with Gasteiger partial charge in [-0.05, 0) is 41.8 Å². The summed E-state index contributed by atoms with van der Waals surface area (Å²) in [6, 6.07) is 17.7. The highest BCUT2D eigenvalue weighted by Crippen LogP contribution is 2.33. The number of carbonyl (C=O) groups excluding carboxylic acids is 2. The second-order valence-electron chi connectivity index (χ2n) is 9.56. The summed E-state index contributed by atoms with van der Waals surface area (Å²) < 4.78 is 17.3. The topological polar surface area (TPSA) is 120 Å². The van der Waals surface area contributed by atoms with Gasteiger partial charge in [-0.15, -0.1) is 0 Å². The lowest BCUT2D eigenvalue weighted by atomic mass is 10.1. The number of carbonyl (C=O) groups is 2. The van der Waals surface area contributed by atoms with Gasteiger partial charge in [-0.1, -0.05) is 30.3 Å². The van der Waals surface area contributed by atoms with E-state index in [2.05, 4.69) is 21.7 Å². The Balaban J connectivity index is 1.52. The van der Waals surface area contributed by atoms with Crippen LogP contribution >= 0.6 is 0 Å². The van der Waals surface area contributed by atoms with Gasteiger partial charge >= 0.3 is 5.97 Å². The van der Waals surface area contributed by atoms with Crippen molar-refractivity contribution in [2.24, 2.45) is 0 Å². The highest BCUT2D eigenvalue weighted by molar-refractivity contribution is 6.11. The number of nitrogens with one attached hydrogen (secondary N) is 3. The molecule has 10 nitrogen and oxygen atoms in total. The van der Waals surface area contributed by atoms with E-state index in [0.717, 1.165) is 33.5 Å². The number of fused-ring (bicyclic) bond motifs is 2. The summed E-state index contributed by atoms with van der Waals surface area (Å²) in [5, 5.41) is 8.07. The SMILES string of the molecule is COCCC(=O)Nc1c(C(=O)OC)n(CCc2c[nH]c3ccccc23)c2ncc(NCc3ccc(OC)cc3)cc12. The van der Waals surface area contributed by atoms with Gasteiger partial charge in [-0.2, -0.15) is 0 Å². The zero-order chi connectivity index (χ0) is 28.8. The maximum atomic E-state index is 13.2. The summed E-state index contributed by atoms with van der Waals surface area (Å²) in [7, 11) is 4.50. The van der Waals surface area contributed by atoms with E-state index in [9.17, 15) is 9.59 Å². The van der Waals surface area contributed by atoms with Gasteiger partial charge < -0.3 is 34.4 Å². The predicted octanol–water partition coefficient (Wildman–Crippen LogP) is 5.14. The summed E-state index contributed by atoms with van der Waals surface area (Å²) >= 11 is 0. The first-order chi connectivity index (χ1) is 20.0. The highest BCUT2D eigenvalue weighted by atomic mass is 16.5. The number of pyridine rings is 1. The summed E-state index contributed by atoms with van der Waals surface area (Å²) in [4.78, 5) is 34.0. The molecule has 0 saturated carbocycles. The number of para-hydroxylation sites is 1. The van der Waals surface area contributed by atoms with Crippen molar-refractivity contribution in [1.29, 1.82) is 0 Å². The summed E-state index contributed by atoms with van der Waals surface area (Å²) in [5.41, 5.74) is 5.14. The number of esters is 1. The fourth-order valence-corrected chi connectivity index (χ4v) is 4.89. The van der Waals surface area contributed by atoms with Crippen molar-refractivity contribution in [3.63, 3.8) is 0 Å². The minimum Gasteiger partial charge on any atom is -0.497 e. The van der Waals surface area contributed by atoms with Gasteiger partial charge in [-0.3, -0.25) is 4.79 Å². The Bertz CT molecular complexity index is 1670. The fraction of sp³-hybridized carbons (Fsp3) is 0.258. The number of aryl methyl sites for hydroxylation is 2. The number of amides is 1. The van der Waals surface area contributed by atoms with Crippen LogP contribution in [0.25, 0.3) is 21.9 Å². The number of rotatable bonds is 12. The van der Waals surface area contributed by atoms with Crippen LogP contribution in [-0.4, -0.2) is 54.3 Å². The van der Waals surface area contributed by atoms with Crippen LogP contribution in [0.15, 0.2) is 67.0 Å². The van der Waals surface area contributed by atoms with E-state index in [1.165, 1.54) is 14.2 Å². The quantitative estimate of drug-likeness (QED) is 0.182. The number of nitrogens with zero attached hydrogens (tertiary/aromatic N) is 2. The summed E-state index contributed by atoms with van der Waals surface area (Å²) in [5.74, 6) is -0.0454. The molecule has 3 heterocycles. The number of hydrogen-bond donors (Lipinski definition) is 3. The summed E-state index contributed by atoms with van der Waals surface area (Å²) in [6.45, 7) is 1.26. The van der Waals surface area contributed by atoms with Crippen LogP contribution in [0.5, 0.6) is 5.75 Å². The van der Waals surface area contributed by atoms with Crippen molar-refractivity contribution in [2.75, 3.05) is 38.6 Å². The van der Waals surface area contributed by atoms with Crippen LogP contribution in [0.3, 0.4) is 0 Å². The molecule has 3 aromatic heterocycles. The lowest BCUT2D eigenvalue weighted by Crippen LogP contribution is -2.18. The Morgan fingerprint density at radius 2 is 1.83 bits per heavy atom. The molecule has 0 spiro atoms. The molecular weight excluding hydrogens is 522 g/mol. The number of aromatic nitrogens is 3. The number of aromatic amines is 1. The number of hydrogen-bond acceptors (Lipinski definition) is 7. The standard InChI is InChI=1S/C31H33N5O5/c1-39-15-13-27(37)35-28-25-16-22(32-17-20-8-10-23(40-2)11-9-20)19-34-30(25)36(29(28)31(38)41-3)14-12-21-18-33-26-7-5-4-6-24(21)26/h4-11,16,18-19,32-33H,12-15,17H2,1-3H3,(H,35,37). The molecule has 0 saturated heterocycles. The molecule has 0 unspecified atom stereocenters. The second-order valence-corrected chi connectivity index (χ2v) is 9.56. The molecule has 0 atom stereocenters. The molecule has 1 amide bonds. The average Bonchev–Trinajstić information content (AvgIpc) is 3.56. The molecule has 212 valence electrons. The van der Waals surface area contributed by atoms with E-state index in [0.29, 0.717) is 36.2 Å². The van der Waals surface area contributed by atoms with Crippen molar-refractivity contribution in [3.8, 4) is 5.75 Å². The fourth-order valence-electron chi connectivity index (χ4n) is 4.89. The van der Waals surface area contributed by atoms with Crippen molar-refractivity contribution in [3.05, 3.63) is 83.8 Å². The van der Waals surface area contributed by atoms with Crippen molar-refractivity contribution in [2.45, 2.75) is 25.9 Å². The van der Waals surface area contributed by atoms with Crippen LogP contribution < -0.4 is 15.4 Å². The Kier molecular flexibility index (Phi) is 8.50. The van der Waals surface area contributed by atoms with Crippen molar-refractivity contribution < 1.29 is 23.8 Å². The van der Waals surface area contributed by atoms with Gasteiger partial charge in [-0.25, -0.2) is 9.78 Å². The smallest absolute Gasteiger partial charge is 0.356 e. The van der Waals surface area contributed by atoms with Gasteiger partial charge in [0.25, 0.3) is 0 Å². The molecule has 10 heteroatoms. The number of H-pyrrole nitrogens is 1. The van der Waals surface area contributed by atoms with E-state index < -0.39 is 5.97 Å². The third-order valence-electron chi connectivity index (χ3n) is 7.01. The van der Waals surface area contributed by atoms with Gasteiger partial charge in [0, 0.05) is 42.7 Å². The van der Waals surface area contributed by atoms with E-state index in [1.807, 2.05) is 59.3 Å². The molecule has 2 aromatic carbocycles. The number of benzene rings is 2. The number of anilines is 2. The van der Waals surface area contributed by atoms with E-state index >= 15 is 0 Å². The Hall–Kier alpha value is -4.83. The Morgan fingerprint density at radius 1 is 1.02 bits per heavy atom. The van der Waals surface area contributed by atoms with Crippen LogP contribution in [-0.2, 0) is 33.8 Å². The first-order valence-electron chi connectivity index (χ1n) is 13.3. The molecule has 5 rings (SSSR count). The minimum atomic E-state index is -0.559. The van der Waals surface area contributed by atoms with Gasteiger partial charge in [0.05, 0.1) is 44.8 Å². The normalized spacial score (nSPS) is 11.1.